The van der Waals surface area contributed by atoms with Gasteiger partial charge in [-0.05, 0) is 78.3 Å². The fourth-order valence-corrected chi connectivity index (χ4v) is 6.36. The van der Waals surface area contributed by atoms with Gasteiger partial charge in [0.05, 0.1) is 33.1 Å². The molecule has 49 heavy (non-hydrogen) atoms. The molecule has 3 N–H and O–H groups in total. The summed E-state index contributed by atoms with van der Waals surface area (Å²) in [5.41, 5.74) is 3.50. The van der Waals surface area contributed by atoms with Gasteiger partial charge in [-0.15, -0.1) is 0 Å². The molecule has 2 amide bonds. The van der Waals surface area contributed by atoms with Gasteiger partial charge in [-0.2, -0.15) is 16.7 Å². The Bertz CT molecular complexity index is 1850. The Kier molecular flexibility index (Phi) is 11.7. The Labute approximate surface area is 288 Å². The van der Waals surface area contributed by atoms with Gasteiger partial charge in [0, 0.05) is 31.6 Å². The molecule has 0 fully saturated rings. The van der Waals surface area contributed by atoms with Crippen LogP contribution in [-0.4, -0.2) is 72.9 Å². The van der Waals surface area contributed by atoms with E-state index < -0.39 is 12.1 Å². The second kappa shape index (κ2) is 16.3. The number of methoxy groups -OCH3 is 3. The van der Waals surface area contributed by atoms with Crippen LogP contribution in [0.3, 0.4) is 0 Å². The van der Waals surface area contributed by atoms with Crippen LogP contribution >= 0.6 is 11.8 Å². The lowest BCUT2D eigenvalue weighted by Gasteiger charge is -2.19. The Morgan fingerprint density at radius 3 is 2.59 bits per heavy atom. The number of benzene rings is 1. The number of amides is 2. The highest BCUT2D eigenvalue weighted by molar-refractivity contribution is 7.98. The van der Waals surface area contributed by atoms with Crippen molar-refractivity contribution in [3.8, 4) is 39.9 Å². The number of fused-ring (bicyclic) bond motifs is 3. The molecule has 0 spiro atoms. The van der Waals surface area contributed by atoms with Gasteiger partial charge < -0.3 is 34.7 Å². The van der Waals surface area contributed by atoms with Crippen molar-refractivity contribution >= 4 is 29.3 Å². The first-order valence-corrected chi connectivity index (χ1v) is 17.2. The third-order valence-corrected chi connectivity index (χ3v) is 8.82. The summed E-state index contributed by atoms with van der Waals surface area (Å²) in [7, 11) is 4.65. The van der Waals surface area contributed by atoms with E-state index in [2.05, 4.69) is 31.1 Å². The second-order valence-corrected chi connectivity index (χ2v) is 12.3. The summed E-state index contributed by atoms with van der Waals surface area (Å²) in [5.74, 6) is 2.32. The Morgan fingerprint density at radius 1 is 1.08 bits per heavy atom. The van der Waals surface area contributed by atoms with Crippen molar-refractivity contribution in [2.45, 2.75) is 44.7 Å². The number of anilines is 1. The predicted octanol–water partition coefficient (Wildman–Crippen LogP) is 4.20. The van der Waals surface area contributed by atoms with Crippen molar-refractivity contribution in [3.63, 3.8) is 0 Å². The summed E-state index contributed by atoms with van der Waals surface area (Å²) >= 11 is 1.60. The van der Waals surface area contributed by atoms with Gasteiger partial charge in [-0.3, -0.25) is 19.4 Å². The third-order valence-electron chi connectivity index (χ3n) is 8.17. The molecule has 0 saturated heterocycles. The van der Waals surface area contributed by atoms with Crippen LogP contribution in [0.4, 0.5) is 5.69 Å². The smallest absolute Gasteiger partial charge is 0.242 e. The van der Waals surface area contributed by atoms with Crippen LogP contribution in [-0.2, 0) is 22.4 Å². The molecule has 5 rings (SSSR count). The standard InChI is InChI=1S/C35H40N6O7S/c1-20(42)38-24-11-9-21-18-29(45-2)32(46-3)33(47-4)31(21)22-10-12-25(28(43)19-23(22)24)39-27(14-17-49-5)35(44)37-16-13-30-40-34(41-48-30)26-8-6-7-15-36-26/h6-8,10,12,15,18-19,24,27H,9,11,13-14,16-17H2,1-5H3,(H,37,44)(H,38,42)(H,39,43). The number of aryl methyl sites for hydroxylation is 1. The number of rotatable bonds is 14. The number of ether oxygens (including phenoxy) is 3. The molecule has 2 aromatic heterocycles. The molecule has 258 valence electrons. The highest BCUT2D eigenvalue weighted by atomic mass is 32.2. The number of nitrogens with zero attached hydrogens (tertiary/aromatic N) is 3. The molecule has 0 saturated carbocycles. The van der Waals surface area contributed by atoms with E-state index in [9.17, 15) is 14.4 Å². The molecular formula is C35H40N6O7S. The fourth-order valence-electron chi connectivity index (χ4n) is 5.89. The molecule has 0 aliphatic heterocycles. The quantitative estimate of drug-likeness (QED) is 0.173. The van der Waals surface area contributed by atoms with Crippen LogP contribution in [0.2, 0.25) is 0 Å². The van der Waals surface area contributed by atoms with Gasteiger partial charge in [-0.25, -0.2) is 0 Å². The maximum absolute atomic E-state index is 13.9. The van der Waals surface area contributed by atoms with Gasteiger partial charge in [0.25, 0.3) is 0 Å². The number of pyridine rings is 1. The molecule has 2 heterocycles. The summed E-state index contributed by atoms with van der Waals surface area (Å²) in [6.07, 6.45) is 5.51. The number of nitrogens with one attached hydrogen (secondary N) is 3. The minimum absolute atomic E-state index is 0.219. The van der Waals surface area contributed by atoms with E-state index >= 15 is 0 Å². The number of carbonyl (C=O) groups is 2. The summed E-state index contributed by atoms with van der Waals surface area (Å²) in [5, 5.41) is 13.1. The summed E-state index contributed by atoms with van der Waals surface area (Å²) in [6, 6.07) is 11.2. The van der Waals surface area contributed by atoms with Crippen LogP contribution in [0.1, 0.15) is 42.8 Å². The molecule has 14 heteroatoms. The second-order valence-electron chi connectivity index (χ2n) is 11.3. The average molecular weight is 689 g/mol. The highest BCUT2D eigenvalue weighted by Gasteiger charge is 2.30. The predicted molar refractivity (Wildman–Crippen MR) is 187 cm³/mol. The molecule has 2 atom stereocenters. The third kappa shape index (κ3) is 8.13. The van der Waals surface area contributed by atoms with E-state index in [1.54, 1.807) is 50.4 Å². The summed E-state index contributed by atoms with van der Waals surface area (Å²) in [6.45, 7) is 1.70. The zero-order valence-electron chi connectivity index (χ0n) is 28.1. The van der Waals surface area contributed by atoms with E-state index in [0.717, 1.165) is 11.1 Å². The largest absolute Gasteiger partial charge is 0.493 e. The maximum Gasteiger partial charge on any atom is 0.242 e. The molecular weight excluding hydrogens is 648 g/mol. The van der Waals surface area contributed by atoms with Crippen LogP contribution in [0.5, 0.6) is 17.2 Å². The van der Waals surface area contributed by atoms with Crippen molar-refractivity contribution in [2.24, 2.45) is 0 Å². The molecule has 13 nitrogen and oxygen atoms in total. The van der Waals surface area contributed by atoms with Gasteiger partial charge >= 0.3 is 0 Å². The van der Waals surface area contributed by atoms with E-state index in [0.29, 0.717) is 77.2 Å². The highest BCUT2D eigenvalue weighted by Crippen LogP contribution is 2.50. The van der Waals surface area contributed by atoms with Crippen molar-refractivity contribution in [1.82, 2.24) is 25.8 Å². The number of thioether (sulfide) groups is 1. The molecule has 4 aromatic rings. The first-order chi connectivity index (χ1) is 23.8. The minimum atomic E-state index is -0.702. The summed E-state index contributed by atoms with van der Waals surface area (Å²) in [4.78, 5) is 48.2. The molecule has 0 radical (unpaired) electrons. The number of aromatic nitrogens is 3. The van der Waals surface area contributed by atoms with Gasteiger partial charge in [0.2, 0.25) is 34.7 Å². The Morgan fingerprint density at radius 2 is 1.90 bits per heavy atom. The fraction of sp³-hybridized carbons (Fsp3) is 0.371. The van der Waals surface area contributed by atoms with Crippen molar-refractivity contribution in [3.05, 3.63) is 75.9 Å². The van der Waals surface area contributed by atoms with E-state index in [1.165, 1.54) is 20.1 Å². The van der Waals surface area contributed by atoms with E-state index in [1.807, 2.05) is 24.5 Å². The normalized spacial score (nSPS) is 14.0. The Balaban J connectivity index is 1.44. The molecule has 2 unspecified atom stereocenters. The van der Waals surface area contributed by atoms with Crippen LogP contribution in [0.25, 0.3) is 22.6 Å². The zero-order chi connectivity index (χ0) is 34.9. The molecule has 0 bridgehead atoms. The van der Waals surface area contributed by atoms with Crippen molar-refractivity contribution < 1.29 is 28.3 Å². The van der Waals surface area contributed by atoms with Gasteiger partial charge in [-0.1, -0.05) is 17.3 Å². The SMILES string of the molecule is COc1cc2c(c(OC)c1OC)-c1ccc(NC(CCSC)C(=O)NCCc3nc(-c4ccccn4)no3)c(=O)cc1C(NC(C)=O)CC2. The topological polar surface area (TPSA) is 167 Å². The lowest BCUT2D eigenvalue weighted by molar-refractivity contribution is -0.122. The van der Waals surface area contributed by atoms with Crippen LogP contribution in [0.15, 0.2) is 58.0 Å². The van der Waals surface area contributed by atoms with E-state index in [4.69, 9.17) is 18.7 Å². The van der Waals surface area contributed by atoms with Crippen LogP contribution < -0.4 is 35.6 Å². The van der Waals surface area contributed by atoms with Crippen molar-refractivity contribution in [2.75, 3.05) is 45.2 Å². The summed E-state index contributed by atoms with van der Waals surface area (Å²) < 4.78 is 22.5. The molecule has 2 aromatic carbocycles. The van der Waals surface area contributed by atoms with E-state index in [-0.39, 0.29) is 29.5 Å². The van der Waals surface area contributed by atoms with Crippen molar-refractivity contribution in [1.29, 1.82) is 0 Å². The number of hydrogen-bond acceptors (Lipinski definition) is 12. The molecule has 1 aliphatic rings. The number of hydrogen-bond donors (Lipinski definition) is 3. The Hall–Kier alpha value is -5.11. The monoisotopic (exact) mass is 688 g/mol. The zero-order valence-corrected chi connectivity index (χ0v) is 28.9. The molecule has 1 aliphatic carbocycles. The lowest BCUT2D eigenvalue weighted by Crippen LogP contribution is -2.41. The first kappa shape index (κ1) is 35.2. The van der Waals surface area contributed by atoms with Crippen LogP contribution in [0, 0.1) is 0 Å². The van der Waals surface area contributed by atoms with Gasteiger partial charge in [0.1, 0.15) is 11.7 Å². The van der Waals surface area contributed by atoms with Gasteiger partial charge in [0.15, 0.2) is 11.5 Å². The maximum atomic E-state index is 13.9. The first-order valence-electron chi connectivity index (χ1n) is 15.8. The number of carbonyl (C=O) groups excluding carboxylic acids is 2. The average Bonchev–Trinajstić information content (AvgIpc) is 3.46. The lowest BCUT2D eigenvalue weighted by atomic mass is 9.95. The minimum Gasteiger partial charge on any atom is -0.493 e.